The molecule has 29 heavy (non-hydrogen) atoms. The van der Waals surface area contributed by atoms with Crippen molar-refractivity contribution in [3.8, 4) is 17.4 Å². The molecule has 0 radical (unpaired) electrons. The number of rotatable bonds is 5. The van der Waals surface area contributed by atoms with Crippen LogP contribution in [0.4, 0.5) is 10.1 Å². The molecule has 1 fully saturated rings. The molecule has 2 aliphatic rings. The van der Waals surface area contributed by atoms with Gasteiger partial charge in [-0.25, -0.2) is 8.42 Å². The van der Waals surface area contributed by atoms with Crippen LogP contribution in [0.5, 0.6) is 17.4 Å². The normalized spacial score (nSPS) is 20.4. The summed E-state index contributed by atoms with van der Waals surface area (Å²) < 4.78 is 56.4. The Morgan fingerprint density at radius 3 is 2.69 bits per heavy atom. The smallest absolute Gasteiger partial charge is 0.247 e. The first-order valence-corrected chi connectivity index (χ1v) is 11.2. The number of hydrogen-bond acceptors (Lipinski definition) is 7. The van der Waals surface area contributed by atoms with E-state index in [1.807, 2.05) is 4.90 Å². The summed E-state index contributed by atoms with van der Waals surface area (Å²) in [6.45, 7) is 1.34. The van der Waals surface area contributed by atoms with E-state index in [4.69, 9.17) is 25.8 Å². The summed E-state index contributed by atoms with van der Waals surface area (Å²) in [7, 11) is -2.24. The zero-order chi connectivity index (χ0) is 20.6. The fourth-order valence-electron chi connectivity index (χ4n) is 3.54. The van der Waals surface area contributed by atoms with Crippen LogP contribution >= 0.6 is 11.6 Å². The molecule has 0 saturated carbocycles. The summed E-state index contributed by atoms with van der Waals surface area (Å²) in [5, 5.41) is -0.515. The fourth-order valence-corrected chi connectivity index (χ4v) is 5.55. The fraction of sp³-hybridized carbons (Fsp3) is 0.421. The zero-order valence-corrected chi connectivity index (χ0v) is 17.3. The number of aromatic nitrogens is 1. The summed E-state index contributed by atoms with van der Waals surface area (Å²) in [5.74, 6) is -0.415. The van der Waals surface area contributed by atoms with Crippen LogP contribution in [-0.4, -0.2) is 52.1 Å². The topological polar surface area (TPSA) is 78.0 Å². The van der Waals surface area contributed by atoms with Gasteiger partial charge in [0, 0.05) is 19.7 Å². The number of anilines is 1. The highest BCUT2D eigenvalue weighted by Crippen LogP contribution is 2.44. The molecule has 4 rings (SSSR count). The van der Waals surface area contributed by atoms with Gasteiger partial charge in [-0.05, 0) is 37.1 Å². The van der Waals surface area contributed by atoms with E-state index in [0.29, 0.717) is 24.7 Å². The van der Waals surface area contributed by atoms with Gasteiger partial charge < -0.3 is 19.1 Å². The minimum Gasteiger partial charge on any atom is -0.497 e. The lowest BCUT2D eigenvalue weighted by Crippen LogP contribution is -2.40. The van der Waals surface area contributed by atoms with Crippen molar-refractivity contribution in [2.75, 3.05) is 37.5 Å². The second-order valence-electron chi connectivity index (χ2n) is 6.88. The van der Waals surface area contributed by atoms with Crippen molar-refractivity contribution in [2.45, 2.75) is 23.8 Å². The molecule has 0 spiro atoms. The van der Waals surface area contributed by atoms with Crippen molar-refractivity contribution in [3.63, 3.8) is 0 Å². The van der Waals surface area contributed by atoms with Gasteiger partial charge in [0.15, 0.2) is 9.84 Å². The van der Waals surface area contributed by atoms with Crippen LogP contribution in [-0.2, 0) is 14.6 Å². The molecule has 0 amide bonds. The van der Waals surface area contributed by atoms with Crippen molar-refractivity contribution >= 4 is 27.1 Å². The quantitative estimate of drug-likeness (QED) is 0.656. The maximum atomic E-state index is 14.4. The molecule has 0 aliphatic carbocycles. The number of benzene rings is 1. The predicted octanol–water partition coefficient (Wildman–Crippen LogP) is 3.45. The minimum absolute atomic E-state index is 0.0404. The van der Waals surface area contributed by atoms with Crippen LogP contribution in [0.1, 0.15) is 12.8 Å². The summed E-state index contributed by atoms with van der Waals surface area (Å²) in [6, 6.07) is 6.60. The Bertz CT molecular complexity index is 1010. The molecule has 10 heteroatoms. The lowest BCUT2D eigenvalue weighted by molar-refractivity contribution is 0.115. The van der Waals surface area contributed by atoms with Crippen LogP contribution in [0.15, 0.2) is 29.2 Å². The standard InChI is InChI=1S/C19H20ClFN2O5S/c1-26-12-4-6-13(7-5-12)28-19-16-17(15(20)18(21)22-19)29(24,25)10-8-23(16)11-14-3-2-9-27-14/h4-7,14H,2-3,8-11H2,1H3/t14-/m1/s1. The van der Waals surface area contributed by atoms with Crippen LogP contribution in [0.2, 0.25) is 5.02 Å². The van der Waals surface area contributed by atoms with Crippen LogP contribution in [0.3, 0.4) is 0 Å². The second kappa shape index (κ2) is 7.97. The maximum Gasteiger partial charge on any atom is 0.247 e. The molecule has 2 aromatic rings. The molecule has 2 aliphatic heterocycles. The van der Waals surface area contributed by atoms with Crippen molar-refractivity contribution in [2.24, 2.45) is 0 Å². The lowest BCUT2D eigenvalue weighted by Gasteiger charge is -2.33. The molecule has 0 bridgehead atoms. The van der Waals surface area contributed by atoms with Crippen molar-refractivity contribution in [1.29, 1.82) is 0 Å². The highest BCUT2D eigenvalue weighted by Gasteiger charge is 2.38. The Kier molecular flexibility index (Phi) is 5.54. The third-order valence-corrected chi connectivity index (χ3v) is 7.17. The largest absolute Gasteiger partial charge is 0.497 e. The summed E-state index contributed by atoms with van der Waals surface area (Å²) in [5.41, 5.74) is 0.175. The highest BCUT2D eigenvalue weighted by atomic mass is 35.5. The Hall–Kier alpha value is -2.10. The number of halogens is 2. The SMILES string of the molecule is COc1ccc(Oc2nc(F)c(Cl)c3c2N(C[C@H]2CCCO2)CCS3(=O)=O)cc1. The first-order valence-electron chi connectivity index (χ1n) is 9.19. The average Bonchev–Trinajstić information content (AvgIpc) is 3.21. The molecule has 1 aromatic heterocycles. The monoisotopic (exact) mass is 442 g/mol. The lowest BCUT2D eigenvalue weighted by atomic mass is 10.2. The molecule has 0 unspecified atom stereocenters. The van der Waals surface area contributed by atoms with Gasteiger partial charge in [0.05, 0.1) is 19.0 Å². The number of methoxy groups -OCH3 is 1. The Morgan fingerprint density at radius 2 is 2.03 bits per heavy atom. The molecular weight excluding hydrogens is 423 g/mol. The van der Waals surface area contributed by atoms with Gasteiger partial charge in [0.2, 0.25) is 11.8 Å². The van der Waals surface area contributed by atoms with Gasteiger partial charge >= 0.3 is 0 Å². The number of fused-ring (bicyclic) bond motifs is 1. The third kappa shape index (κ3) is 3.99. The molecule has 1 saturated heterocycles. The Morgan fingerprint density at radius 1 is 1.31 bits per heavy atom. The van der Waals surface area contributed by atoms with E-state index < -0.39 is 20.8 Å². The third-order valence-electron chi connectivity index (χ3n) is 4.98. The maximum absolute atomic E-state index is 14.4. The molecule has 3 heterocycles. The van der Waals surface area contributed by atoms with Crippen LogP contribution in [0, 0.1) is 5.95 Å². The van der Waals surface area contributed by atoms with Crippen molar-refractivity contribution < 1.29 is 27.0 Å². The summed E-state index contributed by atoms with van der Waals surface area (Å²) in [4.78, 5) is 5.35. The van der Waals surface area contributed by atoms with E-state index in [1.165, 1.54) is 7.11 Å². The molecular formula is C19H20ClFN2O5S. The Labute approximate surface area is 173 Å². The van der Waals surface area contributed by atoms with Crippen molar-refractivity contribution in [1.82, 2.24) is 4.98 Å². The van der Waals surface area contributed by atoms with Gasteiger partial charge in [0.1, 0.15) is 27.1 Å². The molecule has 7 nitrogen and oxygen atoms in total. The molecule has 0 N–H and O–H groups in total. The summed E-state index contributed by atoms with van der Waals surface area (Å²) in [6.07, 6.45) is 1.78. The van der Waals surface area contributed by atoms with E-state index in [0.717, 1.165) is 12.8 Å². The summed E-state index contributed by atoms with van der Waals surface area (Å²) >= 11 is 6.05. The number of ether oxygens (including phenoxy) is 3. The second-order valence-corrected chi connectivity index (χ2v) is 9.30. The molecule has 1 atom stereocenters. The van der Waals surface area contributed by atoms with Crippen LogP contribution < -0.4 is 14.4 Å². The predicted molar refractivity (Wildman–Crippen MR) is 106 cm³/mol. The van der Waals surface area contributed by atoms with Gasteiger partial charge in [-0.2, -0.15) is 9.37 Å². The number of pyridine rings is 1. The number of nitrogens with zero attached hydrogens (tertiary/aromatic N) is 2. The van der Waals surface area contributed by atoms with E-state index in [9.17, 15) is 12.8 Å². The number of hydrogen-bond donors (Lipinski definition) is 0. The van der Waals surface area contributed by atoms with E-state index in [2.05, 4.69) is 4.98 Å². The Balaban J connectivity index is 1.78. The van der Waals surface area contributed by atoms with Crippen LogP contribution in [0.25, 0.3) is 0 Å². The molecule has 156 valence electrons. The number of sulfone groups is 1. The zero-order valence-electron chi connectivity index (χ0n) is 15.7. The van der Waals surface area contributed by atoms with Gasteiger partial charge in [-0.3, -0.25) is 0 Å². The average molecular weight is 443 g/mol. The molecule has 1 aromatic carbocycles. The van der Waals surface area contributed by atoms with Gasteiger partial charge in [0.25, 0.3) is 0 Å². The van der Waals surface area contributed by atoms with E-state index in [1.54, 1.807) is 24.3 Å². The van der Waals surface area contributed by atoms with Gasteiger partial charge in [-0.15, -0.1) is 0 Å². The first-order chi connectivity index (χ1) is 13.9. The highest BCUT2D eigenvalue weighted by molar-refractivity contribution is 7.91. The van der Waals surface area contributed by atoms with Gasteiger partial charge in [-0.1, -0.05) is 11.6 Å². The minimum atomic E-state index is -3.78. The van der Waals surface area contributed by atoms with E-state index in [-0.39, 0.29) is 34.9 Å². The van der Waals surface area contributed by atoms with E-state index >= 15 is 0 Å². The first kappa shape index (κ1) is 20.2. The van der Waals surface area contributed by atoms with Crippen molar-refractivity contribution in [3.05, 3.63) is 35.2 Å².